The first-order chi connectivity index (χ1) is 7.18. The van der Waals surface area contributed by atoms with Crippen LogP contribution in [-0.2, 0) is 11.2 Å². The number of para-hydroxylation sites is 1. The molecule has 0 saturated heterocycles. The first-order valence-corrected chi connectivity index (χ1v) is 4.92. The number of carbonyl (C=O) groups excluding carboxylic acids is 1. The summed E-state index contributed by atoms with van der Waals surface area (Å²) in [5.41, 5.74) is 2.01. The predicted molar refractivity (Wildman–Crippen MR) is 58.7 cm³/mol. The number of hydrogen-bond acceptors (Lipinski definition) is 2. The molecule has 1 unspecified atom stereocenters. The second-order valence-corrected chi connectivity index (χ2v) is 3.69. The number of carbonyl (C=O) groups is 1. The molecule has 78 valence electrons. The monoisotopic (exact) mass is 203 g/mol. The van der Waals surface area contributed by atoms with Crippen LogP contribution < -0.4 is 0 Å². The van der Waals surface area contributed by atoms with Gasteiger partial charge < -0.3 is 10.1 Å². The molecule has 1 heterocycles. The molecular formula is C12H13NO2. The molecular weight excluding hydrogens is 190 g/mol. The number of fused-ring (bicyclic) bond motifs is 1. The fourth-order valence-electron chi connectivity index (χ4n) is 1.65. The smallest absolute Gasteiger partial charge is 0.158 e. The Kier molecular flexibility index (Phi) is 2.56. The van der Waals surface area contributed by atoms with Crippen molar-refractivity contribution in [1.82, 2.24) is 4.98 Å². The molecule has 2 N–H and O–H groups in total. The van der Waals surface area contributed by atoms with E-state index in [0.717, 1.165) is 16.5 Å². The highest BCUT2D eigenvalue weighted by Gasteiger charge is 2.12. The molecule has 1 atom stereocenters. The Morgan fingerprint density at radius 3 is 2.93 bits per heavy atom. The molecule has 2 aromatic rings. The molecule has 0 aliphatic heterocycles. The number of aromatic nitrogens is 1. The Hall–Kier alpha value is -1.61. The van der Waals surface area contributed by atoms with Crippen molar-refractivity contribution in [2.24, 2.45) is 0 Å². The number of benzene rings is 1. The van der Waals surface area contributed by atoms with Gasteiger partial charge in [0.15, 0.2) is 5.78 Å². The van der Waals surface area contributed by atoms with Gasteiger partial charge in [-0.3, -0.25) is 4.79 Å². The number of H-pyrrole nitrogens is 1. The van der Waals surface area contributed by atoms with Gasteiger partial charge in [-0.05, 0) is 18.6 Å². The zero-order valence-electron chi connectivity index (χ0n) is 8.53. The van der Waals surface area contributed by atoms with E-state index in [1.807, 2.05) is 30.5 Å². The average molecular weight is 203 g/mol. The highest BCUT2D eigenvalue weighted by Crippen LogP contribution is 2.19. The van der Waals surface area contributed by atoms with Crippen LogP contribution in [0.25, 0.3) is 10.9 Å². The minimum absolute atomic E-state index is 0.194. The van der Waals surface area contributed by atoms with Crippen molar-refractivity contribution in [3.63, 3.8) is 0 Å². The zero-order chi connectivity index (χ0) is 10.8. The van der Waals surface area contributed by atoms with Crippen molar-refractivity contribution in [2.75, 3.05) is 0 Å². The number of ketones is 1. The summed E-state index contributed by atoms with van der Waals surface area (Å²) in [5, 5.41) is 10.6. The first kappa shape index (κ1) is 9.93. The molecule has 0 fully saturated rings. The summed E-state index contributed by atoms with van der Waals surface area (Å²) >= 11 is 0. The molecule has 3 nitrogen and oxygen atoms in total. The van der Waals surface area contributed by atoms with E-state index < -0.39 is 6.10 Å². The van der Waals surface area contributed by atoms with Crippen LogP contribution >= 0.6 is 0 Å². The molecule has 0 aliphatic carbocycles. The molecule has 3 heteroatoms. The Balaban J connectivity index is 2.32. The van der Waals surface area contributed by atoms with Crippen LogP contribution in [0.4, 0.5) is 0 Å². The zero-order valence-corrected chi connectivity index (χ0v) is 8.53. The second kappa shape index (κ2) is 3.87. The summed E-state index contributed by atoms with van der Waals surface area (Å²) in [5.74, 6) is -0.194. The third-order valence-corrected chi connectivity index (χ3v) is 2.56. The van der Waals surface area contributed by atoms with Crippen LogP contribution in [0, 0.1) is 0 Å². The third-order valence-electron chi connectivity index (χ3n) is 2.56. The van der Waals surface area contributed by atoms with Gasteiger partial charge in [-0.2, -0.15) is 0 Å². The lowest BCUT2D eigenvalue weighted by Crippen LogP contribution is -2.19. The van der Waals surface area contributed by atoms with Crippen LogP contribution in [0.1, 0.15) is 12.5 Å². The van der Waals surface area contributed by atoms with E-state index in [-0.39, 0.29) is 5.78 Å². The Bertz CT molecular complexity index is 487. The number of aromatic amines is 1. The average Bonchev–Trinajstić information content (AvgIpc) is 2.62. The molecule has 0 amide bonds. The van der Waals surface area contributed by atoms with E-state index in [4.69, 9.17) is 0 Å². The lowest BCUT2D eigenvalue weighted by atomic mass is 10.1. The van der Waals surface area contributed by atoms with E-state index in [0.29, 0.717) is 6.42 Å². The van der Waals surface area contributed by atoms with Crippen molar-refractivity contribution < 1.29 is 9.90 Å². The highest BCUT2D eigenvalue weighted by molar-refractivity contribution is 5.85. The van der Waals surface area contributed by atoms with Gasteiger partial charge in [-0.25, -0.2) is 0 Å². The molecule has 0 bridgehead atoms. The number of aliphatic hydroxyl groups is 1. The van der Waals surface area contributed by atoms with E-state index in [1.165, 1.54) is 6.92 Å². The van der Waals surface area contributed by atoms with Crippen molar-refractivity contribution in [3.05, 3.63) is 36.0 Å². The Morgan fingerprint density at radius 1 is 1.47 bits per heavy atom. The van der Waals surface area contributed by atoms with Gasteiger partial charge in [0.2, 0.25) is 0 Å². The fraction of sp³-hybridized carbons (Fsp3) is 0.250. The lowest BCUT2D eigenvalue weighted by molar-refractivity contribution is -0.124. The lowest BCUT2D eigenvalue weighted by Gasteiger charge is -2.04. The van der Waals surface area contributed by atoms with E-state index in [1.54, 1.807) is 0 Å². The normalized spacial score (nSPS) is 12.9. The summed E-state index contributed by atoms with van der Waals surface area (Å²) in [7, 11) is 0. The van der Waals surface area contributed by atoms with Crippen molar-refractivity contribution >= 4 is 16.7 Å². The molecule has 0 saturated carbocycles. The van der Waals surface area contributed by atoms with Gasteiger partial charge in [0.05, 0.1) is 0 Å². The van der Waals surface area contributed by atoms with E-state index in [2.05, 4.69) is 4.98 Å². The highest BCUT2D eigenvalue weighted by atomic mass is 16.3. The topological polar surface area (TPSA) is 53.1 Å². The quantitative estimate of drug-likeness (QED) is 0.797. The van der Waals surface area contributed by atoms with Crippen molar-refractivity contribution in [3.8, 4) is 0 Å². The summed E-state index contributed by atoms with van der Waals surface area (Å²) in [6.45, 7) is 1.40. The second-order valence-electron chi connectivity index (χ2n) is 3.69. The van der Waals surface area contributed by atoms with Crippen LogP contribution in [0.5, 0.6) is 0 Å². The standard InChI is InChI=1S/C12H13NO2/c1-8(14)12(15)6-9-7-13-11-5-3-2-4-10(9)11/h2-5,7,12-13,15H,6H2,1H3. The van der Waals surface area contributed by atoms with Gasteiger partial charge in [-0.1, -0.05) is 18.2 Å². The fourth-order valence-corrected chi connectivity index (χ4v) is 1.65. The molecule has 1 aromatic heterocycles. The molecule has 1 aromatic carbocycles. The van der Waals surface area contributed by atoms with Crippen LogP contribution in [0.3, 0.4) is 0 Å². The van der Waals surface area contributed by atoms with Crippen molar-refractivity contribution in [2.45, 2.75) is 19.4 Å². The largest absolute Gasteiger partial charge is 0.385 e. The number of hydrogen-bond donors (Lipinski definition) is 2. The molecule has 0 spiro atoms. The van der Waals surface area contributed by atoms with Gasteiger partial charge in [0.25, 0.3) is 0 Å². The summed E-state index contributed by atoms with van der Waals surface area (Å²) in [4.78, 5) is 14.1. The molecule has 15 heavy (non-hydrogen) atoms. The number of aliphatic hydroxyl groups excluding tert-OH is 1. The van der Waals surface area contributed by atoms with Gasteiger partial charge in [0.1, 0.15) is 6.10 Å². The van der Waals surface area contributed by atoms with Gasteiger partial charge >= 0.3 is 0 Å². The summed E-state index contributed by atoms with van der Waals surface area (Å²) in [6, 6.07) is 7.84. The number of nitrogens with one attached hydrogen (secondary N) is 1. The van der Waals surface area contributed by atoms with Crippen molar-refractivity contribution in [1.29, 1.82) is 0 Å². The SMILES string of the molecule is CC(=O)C(O)Cc1c[nH]c2ccccc12. The maximum absolute atomic E-state index is 10.9. The number of rotatable bonds is 3. The summed E-state index contributed by atoms with van der Waals surface area (Å²) < 4.78 is 0. The molecule has 2 rings (SSSR count). The van der Waals surface area contributed by atoms with E-state index >= 15 is 0 Å². The maximum Gasteiger partial charge on any atom is 0.158 e. The van der Waals surface area contributed by atoms with Crippen LogP contribution in [-0.4, -0.2) is 22.0 Å². The summed E-state index contributed by atoms with van der Waals surface area (Å²) in [6.07, 6.45) is 1.32. The van der Waals surface area contributed by atoms with E-state index in [9.17, 15) is 9.90 Å². The molecule has 0 radical (unpaired) electrons. The van der Waals surface area contributed by atoms with Gasteiger partial charge in [0, 0.05) is 23.5 Å². The Morgan fingerprint density at radius 2 is 2.20 bits per heavy atom. The number of Topliss-reactive ketones (excluding diaryl/α,β-unsaturated/α-hetero) is 1. The van der Waals surface area contributed by atoms with Crippen LogP contribution in [0.2, 0.25) is 0 Å². The van der Waals surface area contributed by atoms with Gasteiger partial charge in [-0.15, -0.1) is 0 Å². The first-order valence-electron chi connectivity index (χ1n) is 4.92. The minimum Gasteiger partial charge on any atom is -0.385 e. The van der Waals surface area contributed by atoms with Crippen LogP contribution in [0.15, 0.2) is 30.5 Å². The third kappa shape index (κ3) is 1.92. The molecule has 0 aliphatic rings. The maximum atomic E-state index is 10.9. The Labute approximate surface area is 87.7 Å². The minimum atomic E-state index is -0.899. The predicted octanol–water partition coefficient (Wildman–Crippen LogP) is 1.66.